The number of hydrogen-bond donors (Lipinski definition) is 0. The highest BCUT2D eigenvalue weighted by Crippen LogP contribution is 2.65. The first-order valence-corrected chi connectivity index (χ1v) is 10.5. The molecule has 1 aliphatic heterocycles. The van der Waals surface area contributed by atoms with E-state index in [0.29, 0.717) is 29.9 Å². The van der Waals surface area contributed by atoms with Crippen LogP contribution in [0.1, 0.15) is 58.1 Å². The lowest BCUT2D eigenvalue weighted by atomic mass is 9.49. The molecule has 4 aliphatic rings. The molecule has 1 amide bonds. The van der Waals surface area contributed by atoms with E-state index >= 15 is 0 Å². The number of nitriles is 1. The summed E-state index contributed by atoms with van der Waals surface area (Å²) < 4.78 is 2.01. The Bertz CT molecular complexity index is 950. The van der Waals surface area contributed by atoms with E-state index in [-0.39, 0.29) is 16.7 Å². The molecule has 5 nitrogen and oxygen atoms in total. The number of piperidine rings is 1. The van der Waals surface area contributed by atoms with Gasteiger partial charge in [0.25, 0.3) is 0 Å². The van der Waals surface area contributed by atoms with Crippen molar-refractivity contribution < 1.29 is 4.79 Å². The number of likely N-dealkylation sites (tertiary alicyclic amines) is 1. The predicted molar refractivity (Wildman–Crippen MR) is 106 cm³/mol. The summed E-state index contributed by atoms with van der Waals surface area (Å²) in [6.07, 6.45) is 14.3. The fourth-order valence-corrected chi connectivity index (χ4v) is 7.07. The quantitative estimate of drug-likeness (QED) is 0.738. The normalized spacial score (nSPS) is 39.4. The molecule has 0 aromatic carbocycles. The van der Waals surface area contributed by atoms with E-state index in [2.05, 4.69) is 37.1 Å². The lowest BCUT2D eigenvalue weighted by Crippen LogP contribution is -2.53. The van der Waals surface area contributed by atoms with Crippen LogP contribution in [0.3, 0.4) is 0 Å². The Morgan fingerprint density at radius 1 is 1.14 bits per heavy atom. The number of carbonyl (C=O) groups is 1. The third-order valence-corrected chi connectivity index (χ3v) is 8.57. The highest BCUT2D eigenvalue weighted by molar-refractivity contribution is 5.79. The van der Waals surface area contributed by atoms with Crippen LogP contribution >= 0.6 is 0 Å². The highest BCUT2D eigenvalue weighted by Gasteiger charge is 2.58. The molecule has 5 heteroatoms. The lowest BCUT2D eigenvalue weighted by Gasteiger charge is -2.58. The predicted octanol–water partition coefficient (Wildman–Crippen LogP) is 4.19. The van der Waals surface area contributed by atoms with Gasteiger partial charge in [0.2, 0.25) is 5.91 Å². The molecule has 5 atom stereocenters. The zero-order valence-electron chi connectivity index (χ0n) is 17.0. The molecular formula is C23H28N4O. The monoisotopic (exact) mass is 376 g/mol. The Kier molecular flexibility index (Phi) is 3.69. The number of imidazole rings is 1. The van der Waals surface area contributed by atoms with Gasteiger partial charge >= 0.3 is 0 Å². The van der Waals surface area contributed by atoms with Crippen molar-refractivity contribution in [3.05, 3.63) is 36.1 Å². The zero-order valence-corrected chi connectivity index (χ0v) is 17.0. The minimum absolute atomic E-state index is 0.0888. The fraction of sp³-hybridized carbons (Fsp3) is 0.609. The Morgan fingerprint density at radius 2 is 1.89 bits per heavy atom. The van der Waals surface area contributed by atoms with Crippen LogP contribution in [-0.2, 0) is 4.79 Å². The van der Waals surface area contributed by atoms with Gasteiger partial charge in [0.15, 0.2) is 0 Å². The standard InChI is InChI=1S/C23H28N4O/c1-22-11-9-21(28)26(3)19(22)6-4-16-17-5-7-20(23(17,2)10-8-18(16)22)27-14-25-13-15(27)12-24/h6-7,13-14,16-18H,4-5,8-11H2,1-3H3/t16-,17?,18-,22+,23-/m0/s1. The Balaban J connectivity index is 1.50. The van der Waals surface area contributed by atoms with Crippen molar-refractivity contribution in [1.82, 2.24) is 14.5 Å². The summed E-state index contributed by atoms with van der Waals surface area (Å²) in [6, 6.07) is 2.29. The van der Waals surface area contributed by atoms with Crippen LogP contribution in [0.2, 0.25) is 0 Å². The van der Waals surface area contributed by atoms with Crippen LogP contribution < -0.4 is 0 Å². The number of allylic oxidation sites excluding steroid dienone is 4. The average molecular weight is 377 g/mol. The first kappa shape index (κ1) is 17.7. The summed E-state index contributed by atoms with van der Waals surface area (Å²) >= 11 is 0. The van der Waals surface area contributed by atoms with Gasteiger partial charge < -0.3 is 4.90 Å². The second-order valence-electron chi connectivity index (χ2n) is 9.61. The number of amides is 1. The summed E-state index contributed by atoms with van der Waals surface area (Å²) in [5.41, 5.74) is 3.36. The number of aromatic nitrogens is 2. The highest BCUT2D eigenvalue weighted by atomic mass is 16.2. The molecule has 28 heavy (non-hydrogen) atoms. The summed E-state index contributed by atoms with van der Waals surface area (Å²) in [5.74, 6) is 2.12. The minimum atomic E-state index is 0.0888. The van der Waals surface area contributed by atoms with E-state index in [4.69, 9.17) is 0 Å². The molecule has 5 rings (SSSR count). The van der Waals surface area contributed by atoms with Crippen molar-refractivity contribution >= 4 is 11.6 Å². The third-order valence-electron chi connectivity index (χ3n) is 8.57. The van der Waals surface area contributed by atoms with Crippen LogP contribution in [0, 0.1) is 39.9 Å². The van der Waals surface area contributed by atoms with E-state index in [0.717, 1.165) is 25.7 Å². The molecule has 1 unspecified atom stereocenters. The van der Waals surface area contributed by atoms with E-state index in [1.54, 1.807) is 12.5 Å². The van der Waals surface area contributed by atoms with Crippen LogP contribution in [0.5, 0.6) is 0 Å². The molecule has 1 aromatic heterocycles. The fourth-order valence-electron chi connectivity index (χ4n) is 7.07. The topological polar surface area (TPSA) is 61.9 Å². The molecule has 0 N–H and O–H groups in total. The average Bonchev–Trinajstić information content (AvgIpc) is 3.28. The number of rotatable bonds is 1. The second kappa shape index (κ2) is 5.83. The zero-order chi connectivity index (χ0) is 19.7. The van der Waals surface area contributed by atoms with Gasteiger partial charge in [-0.2, -0.15) is 5.26 Å². The van der Waals surface area contributed by atoms with Crippen molar-refractivity contribution in [3.63, 3.8) is 0 Å². The van der Waals surface area contributed by atoms with Crippen molar-refractivity contribution in [2.24, 2.45) is 28.6 Å². The summed E-state index contributed by atoms with van der Waals surface area (Å²) in [4.78, 5) is 18.4. The van der Waals surface area contributed by atoms with E-state index in [9.17, 15) is 10.1 Å². The van der Waals surface area contributed by atoms with Crippen LogP contribution in [0.15, 0.2) is 30.4 Å². The van der Waals surface area contributed by atoms with Crippen LogP contribution in [0.25, 0.3) is 5.70 Å². The van der Waals surface area contributed by atoms with Crippen molar-refractivity contribution in [3.8, 4) is 6.07 Å². The molecule has 2 fully saturated rings. The number of fused-ring (bicyclic) bond motifs is 5. The van der Waals surface area contributed by atoms with E-state index < -0.39 is 0 Å². The molecule has 0 radical (unpaired) electrons. The van der Waals surface area contributed by atoms with Crippen molar-refractivity contribution in [1.29, 1.82) is 5.26 Å². The van der Waals surface area contributed by atoms with E-state index in [1.807, 2.05) is 16.5 Å². The molecule has 1 saturated heterocycles. The SMILES string of the molecule is CN1C(=O)CC[C@@]2(C)C1=CC[C@H]1C3CC=C(n4cncc4C#N)[C@@]3(C)CC[C@@H]12. The molecule has 146 valence electrons. The summed E-state index contributed by atoms with van der Waals surface area (Å²) in [6.45, 7) is 4.79. The van der Waals surface area contributed by atoms with Gasteiger partial charge in [0.1, 0.15) is 11.8 Å². The van der Waals surface area contributed by atoms with Gasteiger partial charge in [-0.1, -0.05) is 26.0 Å². The van der Waals surface area contributed by atoms with Gasteiger partial charge in [0, 0.05) is 35.7 Å². The van der Waals surface area contributed by atoms with Crippen LogP contribution in [0.4, 0.5) is 0 Å². The third kappa shape index (κ3) is 2.12. The molecule has 1 saturated carbocycles. The first-order chi connectivity index (χ1) is 13.4. The molecule has 0 bridgehead atoms. The van der Waals surface area contributed by atoms with Crippen molar-refractivity contribution in [2.45, 2.75) is 52.4 Å². The molecule has 3 aliphatic carbocycles. The van der Waals surface area contributed by atoms with Crippen LogP contribution in [-0.4, -0.2) is 27.4 Å². The summed E-state index contributed by atoms with van der Waals surface area (Å²) in [5, 5.41) is 9.47. The van der Waals surface area contributed by atoms with Gasteiger partial charge in [-0.05, 0) is 49.9 Å². The lowest BCUT2D eigenvalue weighted by molar-refractivity contribution is -0.135. The number of carbonyl (C=O) groups excluding carboxylic acids is 1. The largest absolute Gasteiger partial charge is 0.319 e. The Labute approximate surface area is 166 Å². The summed E-state index contributed by atoms with van der Waals surface area (Å²) in [7, 11) is 1.95. The Morgan fingerprint density at radius 3 is 2.68 bits per heavy atom. The second-order valence-corrected chi connectivity index (χ2v) is 9.61. The van der Waals surface area contributed by atoms with Gasteiger partial charge in [-0.3, -0.25) is 9.36 Å². The maximum absolute atomic E-state index is 12.3. The van der Waals surface area contributed by atoms with Gasteiger partial charge in [-0.15, -0.1) is 0 Å². The first-order valence-electron chi connectivity index (χ1n) is 10.5. The number of hydrogen-bond acceptors (Lipinski definition) is 3. The molecule has 0 spiro atoms. The maximum Gasteiger partial charge on any atom is 0.226 e. The van der Waals surface area contributed by atoms with E-state index in [1.165, 1.54) is 17.8 Å². The number of nitrogens with zero attached hydrogens (tertiary/aromatic N) is 4. The Hall–Kier alpha value is -2.35. The van der Waals surface area contributed by atoms with Gasteiger partial charge in [-0.25, -0.2) is 4.98 Å². The maximum atomic E-state index is 12.3. The molecule has 1 aromatic rings. The van der Waals surface area contributed by atoms with Gasteiger partial charge in [0.05, 0.1) is 12.5 Å². The smallest absolute Gasteiger partial charge is 0.226 e. The molecule has 2 heterocycles. The minimum Gasteiger partial charge on any atom is -0.319 e. The molecular weight excluding hydrogens is 348 g/mol. The van der Waals surface area contributed by atoms with Crippen molar-refractivity contribution in [2.75, 3.05) is 7.05 Å².